The minimum Gasteiger partial charge on any atom is -0.402 e. The van der Waals surface area contributed by atoms with E-state index in [1.54, 1.807) is 0 Å². The molecule has 0 aliphatic carbocycles. The molecule has 7 nitrogen and oxygen atoms in total. The molecule has 0 aliphatic rings. The van der Waals surface area contributed by atoms with Crippen LogP contribution in [0.25, 0.3) is 21.0 Å². The first kappa shape index (κ1) is 14.9. The van der Waals surface area contributed by atoms with Crippen molar-refractivity contribution in [3.05, 3.63) is 40.0 Å². The number of carbonyl (C=O) groups excluding carboxylic acids is 1. The molecule has 1 amide bonds. The van der Waals surface area contributed by atoms with Gasteiger partial charge >= 0.3 is 6.01 Å². The van der Waals surface area contributed by atoms with E-state index in [4.69, 9.17) is 4.42 Å². The molecule has 4 rings (SSSR count). The van der Waals surface area contributed by atoms with E-state index in [9.17, 15) is 4.79 Å². The van der Waals surface area contributed by atoms with Gasteiger partial charge in [0.1, 0.15) is 4.88 Å². The second-order valence-electron chi connectivity index (χ2n) is 5.00. The summed E-state index contributed by atoms with van der Waals surface area (Å²) in [6.45, 7) is 3.79. The molecule has 0 radical (unpaired) electrons. The van der Waals surface area contributed by atoms with Crippen LogP contribution >= 0.6 is 22.7 Å². The summed E-state index contributed by atoms with van der Waals surface area (Å²) in [7, 11) is 0. The molecule has 1 aromatic carbocycles. The van der Waals surface area contributed by atoms with Crippen molar-refractivity contribution >= 4 is 44.8 Å². The number of aromatic nitrogens is 4. The summed E-state index contributed by atoms with van der Waals surface area (Å²) < 4.78 is 6.47. The molecule has 3 heterocycles. The Morgan fingerprint density at radius 3 is 2.71 bits per heavy atom. The van der Waals surface area contributed by atoms with Crippen molar-refractivity contribution < 1.29 is 9.21 Å². The van der Waals surface area contributed by atoms with Crippen LogP contribution in [0.15, 0.2) is 28.7 Å². The van der Waals surface area contributed by atoms with Gasteiger partial charge in [-0.25, -0.2) is 9.97 Å². The van der Waals surface area contributed by atoms with Crippen molar-refractivity contribution in [2.45, 2.75) is 13.8 Å². The number of nitrogens with one attached hydrogen (secondary N) is 1. The number of nitrogens with zero attached hydrogens (tertiary/aromatic N) is 4. The summed E-state index contributed by atoms with van der Waals surface area (Å²) >= 11 is 2.78. The van der Waals surface area contributed by atoms with Gasteiger partial charge in [-0.1, -0.05) is 17.2 Å². The fourth-order valence-electron chi connectivity index (χ4n) is 2.22. The molecule has 4 aromatic rings. The average molecular weight is 357 g/mol. The van der Waals surface area contributed by atoms with Gasteiger partial charge in [0, 0.05) is 0 Å². The first-order chi connectivity index (χ1) is 11.6. The number of aryl methyl sites for hydroxylation is 2. The van der Waals surface area contributed by atoms with Crippen molar-refractivity contribution in [3.8, 4) is 10.8 Å². The molecule has 0 aliphatic heterocycles. The average Bonchev–Trinajstić information content (AvgIpc) is 3.25. The van der Waals surface area contributed by atoms with Gasteiger partial charge in [0.15, 0.2) is 5.01 Å². The third kappa shape index (κ3) is 2.68. The van der Waals surface area contributed by atoms with E-state index >= 15 is 0 Å². The summed E-state index contributed by atoms with van der Waals surface area (Å²) in [5.74, 6) is -0.0266. The van der Waals surface area contributed by atoms with Crippen molar-refractivity contribution in [2.24, 2.45) is 0 Å². The number of anilines is 1. The molecule has 0 unspecified atom stereocenters. The predicted octanol–water partition coefficient (Wildman–Crippen LogP) is 3.67. The highest BCUT2D eigenvalue weighted by Crippen LogP contribution is 2.29. The van der Waals surface area contributed by atoms with Gasteiger partial charge < -0.3 is 4.42 Å². The second kappa shape index (κ2) is 5.77. The normalized spacial score (nSPS) is 11.1. The van der Waals surface area contributed by atoms with Gasteiger partial charge in [0.2, 0.25) is 0 Å². The van der Waals surface area contributed by atoms with E-state index in [1.165, 1.54) is 22.7 Å². The number of benzene rings is 1. The Kier molecular flexibility index (Phi) is 3.58. The van der Waals surface area contributed by atoms with E-state index < -0.39 is 0 Å². The second-order valence-corrected chi connectivity index (χ2v) is 7.23. The zero-order chi connectivity index (χ0) is 16.7. The largest absolute Gasteiger partial charge is 0.402 e. The van der Waals surface area contributed by atoms with Crippen LogP contribution in [0.3, 0.4) is 0 Å². The molecule has 0 atom stereocenters. The molecule has 0 saturated carbocycles. The number of carbonyl (C=O) groups is 1. The summed E-state index contributed by atoms with van der Waals surface area (Å²) in [6.07, 6.45) is 0. The zero-order valence-electron chi connectivity index (χ0n) is 12.7. The van der Waals surface area contributed by atoms with Crippen LogP contribution in [0.2, 0.25) is 0 Å². The Hall–Kier alpha value is -2.65. The first-order valence-electron chi connectivity index (χ1n) is 7.05. The first-order valence-corrected chi connectivity index (χ1v) is 8.68. The summed E-state index contributed by atoms with van der Waals surface area (Å²) in [4.78, 5) is 21.7. The number of hydrogen-bond acceptors (Lipinski definition) is 8. The Morgan fingerprint density at radius 2 is 1.96 bits per heavy atom. The van der Waals surface area contributed by atoms with E-state index in [-0.39, 0.29) is 11.9 Å². The van der Waals surface area contributed by atoms with Crippen LogP contribution in [-0.4, -0.2) is 26.1 Å². The minimum absolute atomic E-state index is 0.0414. The number of para-hydroxylation sites is 1. The van der Waals surface area contributed by atoms with Crippen LogP contribution in [0.4, 0.5) is 6.01 Å². The molecule has 1 N–H and O–H groups in total. The number of amides is 1. The highest BCUT2D eigenvalue weighted by Gasteiger charge is 2.18. The highest BCUT2D eigenvalue weighted by molar-refractivity contribution is 7.20. The lowest BCUT2D eigenvalue weighted by Crippen LogP contribution is -2.11. The molecule has 120 valence electrons. The summed E-state index contributed by atoms with van der Waals surface area (Å²) in [5, 5.41) is 11.7. The quantitative estimate of drug-likeness (QED) is 0.601. The summed E-state index contributed by atoms with van der Waals surface area (Å²) in [6, 6.07) is 7.62. The Balaban J connectivity index is 1.57. The number of rotatable bonds is 3. The SMILES string of the molecule is Cc1nc(C)c(-c2nnc(NC(=O)c3nc4ccccc4s3)o2)s1. The molecule has 3 aromatic heterocycles. The van der Waals surface area contributed by atoms with E-state index in [0.717, 1.165) is 25.8 Å². The van der Waals surface area contributed by atoms with Crippen LogP contribution in [0.1, 0.15) is 20.5 Å². The number of fused-ring (bicyclic) bond motifs is 1. The summed E-state index contributed by atoms with van der Waals surface area (Å²) in [5.41, 5.74) is 1.61. The van der Waals surface area contributed by atoms with Crippen LogP contribution in [-0.2, 0) is 0 Å². The molecule has 24 heavy (non-hydrogen) atoms. The molecule has 0 saturated heterocycles. The zero-order valence-corrected chi connectivity index (χ0v) is 14.4. The van der Waals surface area contributed by atoms with E-state index in [2.05, 4.69) is 25.5 Å². The van der Waals surface area contributed by atoms with Crippen molar-refractivity contribution in [1.82, 2.24) is 20.2 Å². The van der Waals surface area contributed by atoms with E-state index in [0.29, 0.717) is 10.9 Å². The molecule has 0 fully saturated rings. The van der Waals surface area contributed by atoms with Crippen LogP contribution in [0, 0.1) is 13.8 Å². The Morgan fingerprint density at radius 1 is 1.12 bits per heavy atom. The fourth-order valence-corrected chi connectivity index (χ4v) is 3.92. The lowest BCUT2D eigenvalue weighted by Gasteiger charge is -1.95. The van der Waals surface area contributed by atoms with Gasteiger partial charge in [-0.15, -0.1) is 27.8 Å². The molecule has 0 bridgehead atoms. The Bertz CT molecular complexity index is 1020. The lowest BCUT2D eigenvalue weighted by atomic mass is 10.3. The van der Waals surface area contributed by atoms with Crippen molar-refractivity contribution in [2.75, 3.05) is 5.32 Å². The molecular weight excluding hydrogens is 346 g/mol. The maximum Gasteiger partial charge on any atom is 0.322 e. The fraction of sp³-hybridized carbons (Fsp3) is 0.133. The van der Waals surface area contributed by atoms with Gasteiger partial charge in [-0.2, -0.15) is 0 Å². The standard InChI is InChI=1S/C15H11N5O2S2/c1-7-11(23-8(2)16-7)13-19-20-15(22-13)18-12(21)14-17-9-5-3-4-6-10(9)24-14/h3-6H,1-2H3,(H,18,20,21). The number of hydrogen-bond donors (Lipinski definition) is 1. The van der Waals surface area contributed by atoms with Crippen LogP contribution in [0.5, 0.6) is 0 Å². The highest BCUT2D eigenvalue weighted by atomic mass is 32.1. The van der Waals surface area contributed by atoms with Crippen LogP contribution < -0.4 is 5.32 Å². The maximum absolute atomic E-state index is 12.3. The van der Waals surface area contributed by atoms with Gasteiger partial charge in [-0.3, -0.25) is 10.1 Å². The van der Waals surface area contributed by atoms with Crippen molar-refractivity contribution in [3.63, 3.8) is 0 Å². The third-order valence-corrected chi connectivity index (χ3v) is 5.33. The smallest absolute Gasteiger partial charge is 0.322 e. The van der Waals surface area contributed by atoms with Gasteiger partial charge in [0.25, 0.3) is 11.8 Å². The molecule has 9 heteroatoms. The predicted molar refractivity (Wildman–Crippen MR) is 92.5 cm³/mol. The van der Waals surface area contributed by atoms with Crippen molar-refractivity contribution in [1.29, 1.82) is 0 Å². The number of thiazole rings is 2. The van der Waals surface area contributed by atoms with Gasteiger partial charge in [-0.05, 0) is 26.0 Å². The lowest BCUT2D eigenvalue weighted by molar-refractivity contribution is 0.102. The monoisotopic (exact) mass is 357 g/mol. The maximum atomic E-state index is 12.3. The minimum atomic E-state index is -0.372. The Labute approximate surface area is 144 Å². The third-order valence-electron chi connectivity index (χ3n) is 3.23. The van der Waals surface area contributed by atoms with E-state index in [1.807, 2.05) is 38.1 Å². The topological polar surface area (TPSA) is 93.8 Å². The van der Waals surface area contributed by atoms with Gasteiger partial charge in [0.05, 0.1) is 20.9 Å². The molecular formula is C15H11N5O2S2. The molecule has 0 spiro atoms.